The van der Waals surface area contributed by atoms with Crippen LogP contribution in [0.15, 0.2) is 72.8 Å². The number of ether oxygens (including phenoxy) is 4. The normalized spacial score (nSPS) is 11.6. The number of benzene rings is 2. The summed E-state index contributed by atoms with van der Waals surface area (Å²) in [4.78, 5) is 24.1. The van der Waals surface area contributed by atoms with E-state index in [0.717, 1.165) is 11.1 Å². The number of hydrogen-bond donors (Lipinski definition) is 0. The van der Waals surface area contributed by atoms with Crippen LogP contribution in [0.4, 0.5) is 0 Å². The Bertz CT molecular complexity index is 996. The Morgan fingerprint density at radius 1 is 0.865 bits per heavy atom. The predicted octanol–water partition coefficient (Wildman–Crippen LogP) is 5.65. The van der Waals surface area contributed by atoms with Crippen molar-refractivity contribution in [2.24, 2.45) is 5.41 Å². The lowest BCUT2D eigenvalue weighted by molar-refractivity contribution is -0.147. The van der Waals surface area contributed by atoms with Gasteiger partial charge in [-0.05, 0) is 45.2 Å². The molecule has 0 unspecified atom stereocenters. The van der Waals surface area contributed by atoms with Crippen molar-refractivity contribution in [1.82, 2.24) is 0 Å². The van der Waals surface area contributed by atoms with Gasteiger partial charge >= 0.3 is 11.9 Å². The van der Waals surface area contributed by atoms with Gasteiger partial charge in [-0.25, -0.2) is 9.59 Å². The topological polar surface area (TPSA) is 71.1 Å². The van der Waals surface area contributed by atoms with E-state index in [9.17, 15) is 9.59 Å². The average molecular weight is 507 g/mol. The lowest BCUT2D eigenvalue weighted by Crippen LogP contribution is -2.32. The van der Waals surface area contributed by atoms with Crippen LogP contribution < -0.4 is 0 Å². The molecular formula is C31H38O6. The molecule has 0 bridgehead atoms. The van der Waals surface area contributed by atoms with Gasteiger partial charge in [-0.1, -0.05) is 72.7 Å². The third-order valence-electron chi connectivity index (χ3n) is 5.18. The van der Waals surface area contributed by atoms with Crippen LogP contribution in [0.2, 0.25) is 0 Å². The van der Waals surface area contributed by atoms with Gasteiger partial charge in [0.15, 0.2) is 0 Å². The third kappa shape index (κ3) is 12.9. The molecule has 0 atom stereocenters. The van der Waals surface area contributed by atoms with Crippen molar-refractivity contribution in [2.45, 2.75) is 59.4 Å². The molecule has 0 radical (unpaired) electrons. The lowest BCUT2D eigenvalue weighted by Gasteiger charge is -2.31. The molecule has 0 aliphatic rings. The first kappa shape index (κ1) is 29.8. The lowest BCUT2D eigenvalue weighted by atomic mass is 9.82. The minimum absolute atomic E-state index is 0.302. The highest BCUT2D eigenvalue weighted by Crippen LogP contribution is 2.29. The van der Waals surface area contributed by atoms with Crippen LogP contribution in [0.25, 0.3) is 0 Å². The summed E-state index contributed by atoms with van der Waals surface area (Å²) in [5, 5.41) is 0. The zero-order valence-corrected chi connectivity index (χ0v) is 22.3. The Morgan fingerprint density at radius 2 is 1.41 bits per heavy atom. The Morgan fingerprint density at radius 3 is 1.89 bits per heavy atom. The number of carbonyl (C=O) groups is 2. The van der Waals surface area contributed by atoms with Crippen LogP contribution in [-0.4, -0.2) is 37.4 Å². The molecule has 2 rings (SSSR count). The second kappa shape index (κ2) is 15.7. The van der Waals surface area contributed by atoms with E-state index in [-0.39, 0.29) is 0 Å². The Labute approximate surface area is 221 Å². The number of esters is 2. The molecule has 0 fully saturated rings. The number of rotatable bonds is 13. The molecule has 0 spiro atoms. The van der Waals surface area contributed by atoms with E-state index in [1.165, 1.54) is 6.08 Å². The second-order valence-electron chi connectivity index (χ2n) is 9.80. The molecule has 2 aromatic carbocycles. The van der Waals surface area contributed by atoms with Gasteiger partial charge < -0.3 is 18.9 Å². The minimum Gasteiger partial charge on any atom is -0.463 e. The van der Waals surface area contributed by atoms with Crippen molar-refractivity contribution in [1.29, 1.82) is 0 Å². The Hall–Kier alpha value is -3.40. The maximum atomic E-state index is 12.2. The van der Waals surface area contributed by atoms with E-state index in [2.05, 4.69) is 11.8 Å². The molecule has 2 aromatic rings. The minimum atomic E-state index is -0.622. The molecule has 6 heteroatoms. The van der Waals surface area contributed by atoms with E-state index in [0.29, 0.717) is 45.9 Å². The summed E-state index contributed by atoms with van der Waals surface area (Å²) in [5.41, 5.74) is 0.858. The first-order chi connectivity index (χ1) is 17.7. The first-order valence-corrected chi connectivity index (χ1v) is 12.5. The molecule has 0 aliphatic heterocycles. The molecule has 6 nitrogen and oxygen atoms in total. The van der Waals surface area contributed by atoms with E-state index in [1.807, 2.05) is 60.7 Å². The molecule has 198 valence electrons. The van der Waals surface area contributed by atoms with E-state index in [4.69, 9.17) is 18.9 Å². The molecular weight excluding hydrogens is 468 g/mol. The summed E-state index contributed by atoms with van der Waals surface area (Å²) in [6, 6.07) is 19.7. The van der Waals surface area contributed by atoms with Crippen LogP contribution in [0.5, 0.6) is 0 Å². The summed E-state index contributed by atoms with van der Waals surface area (Å²) in [7, 11) is 0. The van der Waals surface area contributed by atoms with Crippen LogP contribution >= 0.6 is 0 Å². The van der Waals surface area contributed by atoms with Gasteiger partial charge in [0.2, 0.25) is 0 Å². The first-order valence-electron chi connectivity index (χ1n) is 12.5. The maximum absolute atomic E-state index is 12.2. The van der Waals surface area contributed by atoms with Crippen LogP contribution in [0.3, 0.4) is 0 Å². The zero-order chi connectivity index (χ0) is 27.0. The van der Waals surface area contributed by atoms with Gasteiger partial charge in [-0.15, -0.1) is 0 Å². The second-order valence-corrected chi connectivity index (χ2v) is 9.80. The van der Waals surface area contributed by atoms with Gasteiger partial charge in [0, 0.05) is 23.8 Å². The van der Waals surface area contributed by atoms with Gasteiger partial charge in [-0.2, -0.15) is 0 Å². The molecule has 37 heavy (non-hydrogen) atoms. The fourth-order valence-electron chi connectivity index (χ4n) is 3.46. The van der Waals surface area contributed by atoms with Gasteiger partial charge in [0.05, 0.1) is 33.0 Å². The van der Waals surface area contributed by atoms with Crippen molar-refractivity contribution in [3.63, 3.8) is 0 Å². The smallest absolute Gasteiger partial charge is 0.384 e. The van der Waals surface area contributed by atoms with Crippen molar-refractivity contribution >= 4 is 11.9 Å². The fraction of sp³-hybridized carbons (Fsp3) is 0.419. The van der Waals surface area contributed by atoms with Crippen LogP contribution in [0.1, 0.15) is 51.7 Å². The predicted molar refractivity (Wildman–Crippen MR) is 143 cm³/mol. The SMILES string of the molecule is CCOC(=O)/C=C/CC(CC#CC(=O)OC(C)(C)C)(COCc1ccccc1)COCc1ccccc1. The summed E-state index contributed by atoms with van der Waals surface area (Å²) in [5.74, 6) is 4.57. The molecule has 0 saturated heterocycles. The van der Waals surface area contributed by atoms with Gasteiger partial charge in [0.1, 0.15) is 5.60 Å². The Kier molecular flexibility index (Phi) is 12.6. The molecule has 0 aromatic heterocycles. The summed E-state index contributed by atoms with van der Waals surface area (Å²) in [6.45, 7) is 8.92. The largest absolute Gasteiger partial charge is 0.463 e. The summed E-state index contributed by atoms with van der Waals surface area (Å²) in [6.07, 6.45) is 3.92. The van der Waals surface area contributed by atoms with Crippen molar-refractivity contribution in [3.05, 3.63) is 83.9 Å². The van der Waals surface area contributed by atoms with E-state index < -0.39 is 23.0 Å². The monoisotopic (exact) mass is 506 g/mol. The zero-order valence-electron chi connectivity index (χ0n) is 22.3. The van der Waals surface area contributed by atoms with Crippen molar-refractivity contribution in [3.8, 4) is 11.8 Å². The standard InChI is InChI=1S/C31H38O6/c1-5-36-28(32)18-12-20-31(21-13-19-29(33)37-30(2,3)4,24-34-22-26-14-8-6-9-15-26)25-35-23-27-16-10-7-11-17-27/h6-12,14-18H,5,20-25H2,1-4H3/b18-12+. The van der Waals surface area contributed by atoms with Crippen LogP contribution in [-0.2, 0) is 41.8 Å². The number of hydrogen-bond acceptors (Lipinski definition) is 6. The third-order valence-corrected chi connectivity index (χ3v) is 5.18. The Balaban J connectivity index is 2.21. The molecule has 0 heterocycles. The van der Waals surface area contributed by atoms with Gasteiger partial charge in [-0.3, -0.25) is 0 Å². The maximum Gasteiger partial charge on any atom is 0.384 e. The molecule has 0 saturated carbocycles. The van der Waals surface area contributed by atoms with Crippen molar-refractivity contribution in [2.75, 3.05) is 19.8 Å². The highest BCUT2D eigenvalue weighted by atomic mass is 16.6. The van der Waals surface area contributed by atoms with Crippen LogP contribution in [0, 0.1) is 17.3 Å². The number of allylic oxidation sites excluding steroid dienone is 1. The molecule has 0 amide bonds. The highest BCUT2D eigenvalue weighted by molar-refractivity contribution is 5.88. The summed E-state index contributed by atoms with van der Waals surface area (Å²) >= 11 is 0. The molecule has 0 N–H and O–H groups in total. The highest BCUT2D eigenvalue weighted by Gasteiger charge is 2.30. The van der Waals surface area contributed by atoms with E-state index in [1.54, 1.807) is 33.8 Å². The summed E-state index contributed by atoms with van der Waals surface area (Å²) < 4.78 is 22.6. The quantitative estimate of drug-likeness (QED) is 0.151. The van der Waals surface area contributed by atoms with E-state index >= 15 is 0 Å². The molecule has 0 aliphatic carbocycles. The average Bonchev–Trinajstić information content (AvgIpc) is 2.84. The van der Waals surface area contributed by atoms with Gasteiger partial charge in [0.25, 0.3) is 0 Å². The number of carbonyl (C=O) groups excluding carboxylic acids is 2. The fourth-order valence-corrected chi connectivity index (χ4v) is 3.46. The van der Waals surface area contributed by atoms with Crippen molar-refractivity contribution < 1.29 is 28.5 Å².